The van der Waals surface area contributed by atoms with E-state index in [9.17, 15) is 0 Å². The molecule has 0 aliphatic carbocycles. The highest BCUT2D eigenvalue weighted by Crippen LogP contribution is 2.20. The van der Waals surface area contributed by atoms with Crippen molar-refractivity contribution in [2.24, 2.45) is 0 Å². The van der Waals surface area contributed by atoms with Gasteiger partial charge in [-0.3, -0.25) is 4.98 Å². The van der Waals surface area contributed by atoms with E-state index in [0.29, 0.717) is 17.6 Å². The van der Waals surface area contributed by atoms with Crippen LogP contribution in [0.5, 0.6) is 0 Å². The van der Waals surface area contributed by atoms with Crippen LogP contribution in [0.15, 0.2) is 28.9 Å². The van der Waals surface area contributed by atoms with E-state index in [1.165, 1.54) is 0 Å². The first-order valence-corrected chi connectivity index (χ1v) is 4.89. The fraction of sp³-hybridized carbons (Fsp3) is 0.300. The van der Waals surface area contributed by atoms with Crippen molar-refractivity contribution in [3.05, 3.63) is 30.3 Å². The zero-order valence-electron chi connectivity index (χ0n) is 8.87. The van der Waals surface area contributed by atoms with Crippen LogP contribution in [0.3, 0.4) is 0 Å². The largest absolute Gasteiger partial charge is 0.339 e. The molecule has 0 bridgehead atoms. The molecule has 0 saturated carbocycles. The normalized spacial score (nSPS) is 14.4. The van der Waals surface area contributed by atoms with Gasteiger partial charge in [0.1, 0.15) is 5.69 Å². The van der Waals surface area contributed by atoms with E-state index in [2.05, 4.69) is 20.4 Å². The lowest BCUT2D eigenvalue weighted by Gasteiger charge is -2.22. The zero-order valence-corrected chi connectivity index (χ0v) is 10.5. The van der Waals surface area contributed by atoms with E-state index in [1.54, 1.807) is 6.20 Å². The summed E-state index contributed by atoms with van der Waals surface area (Å²) in [4.78, 5) is 8.49. The summed E-state index contributed by atoms with van der Waals surface area (Å²) in [5.74, 6) is 1.64. The van der Waals surface area contributed by atoms with Gasteiger partial charge in [-0.05, 0) is 12.1 Å². The van der Waals surface area contributed by atoms with Gasteiger partial charge in [-0.25, -0.2) is 0 Å². The van der Waals surface area contributed by atoms with Gasteiger partial charge >= 0.3 is 0 Å². The predicted molar refractivity (Wildman–Crippen MR) is 67.6 cm³/mol. The summed E-state index contributed by atoms with van der Waals surface area (Å²) in [6.07, 6.45) is 1.72. The minimum Gasteiger partial charge on any atom is -0.339 e. The fourth-order valence-electron chi connectivity index (χ4n) is 1.46. The first-order chi connectivity index (χ1) is 7.43. The molecule has 5 nitrogen and oxygen atoms in total. The third-order valence-electron chi connectivity index (χ3n) is 2.47. The van der Waals surface area contributed by atoms with Crippen LogP contribution in [-0.4, -0.2) is 28.2 Å². The number of nitrogens with one attached hydrogen (secondary N) is 1. The third-order valence-corrected chi connectivity index (χ3v) is 2.47. The number of nitrogens with zero attached hydrogens (tertiary/aromatic N) is 3. The molecular formula is C10H12Cl2N4O. The Balaban J connectivity index is 0.000000722. The van der Waals surface area contributed by atoms with Crippen LogP contribution in [0, 0.1) is 0 Å². The summed E-state index contributed by atoms with van der Waals surface area (Å²) in [5, 5.41) is 7.08. The molecule has 0 unspecified atom stereocenters. The van der Waals surface area contributed by atoms with E-state index in [4.69, 9.17) is 4.52 Å². The lowest BCUT2D eigenvalue weighted by Crippen LogP contribution is -2.40. The number of hydrogen-bond donors (Lipinski definition) is 1. The molecule has 1 N–H and O–H groups in total. The first kappa shape index (κ1) is 13.9. The van der Waals surface area contributed by atoms with Gasteiger partial charge in [0.25, 0.3) is 0 Å². The molecule has 7 heteroatoms. The van der Waals surface area contributed by atoms with Crippen LogP contribution in [0.1, 0.15) is 11.8 Å². The lowest BCUT2D eigenvalue weighted by molar-refractivity contribution is 0.308. The van der Waals surface area contributed by atoms with Crippen LogP contribution in [0.25, 0.3) is 11.5 Å². The second-order valence-corrected chi connectivity index (χ2v) is 3.53. The van der Waals surface area contributed by atoms with Crippen LogP contribution in [0.4, 0.5) is 0 Å². The molecule has 0 aromatic carbocycles. The van der Waals surface area contributed by atoms with Crippen molar-refractivity contribution in [1.29, 1.82) is 0 Å². The van der Waals surface area contributed by atoms with Gasteiger partial charge in [-0.2, -0.15) is 4.98 Å². The predicted octanol–water partition coefficient (Wildman–Crippen LogP) is 1.66. The topological polar surface area (TPSA) is 63.8 Å². The Hall–Kier alpha value is -1.17. The highest BCUT2D eigenvalue weighted by Gasteiger charge is 2.25. The molecule has 2 aromatic rings. The molecule has 1 fully saturated rings. The highest BCUT2D eigenvalue weighted by atomic mass is 35.5. The van der Waals surface area contributed by atoms with Crippen molar-refractivity contribution in [2.75, 3.05) is 13.1 Å². The Morgan fingerprint density at radius 3 is 2.65 bits per heavy atom. The van der Waals surface area contributed by atoms with Crippen LogP contribution >= 0.6 is 24.8 Å². The quantitative estimate of drug-likeness (QED) is 0.903. The summed E-state index contributed by atoms with van der Waals surface area (Å²) in [7, 11) is 0. The molecule has 92 valence electrons. The molecular weight excluding hydrogens is 263 g/mol. The molecule has 3 rings (SSSR count). The van der Waals surface area contributed by atoms with Gasteiger partial charge in [-0.15, -0.1) is 24.8 Å². The number of aromatic nitrogens is 3. The van der Waals surface area contributed by atoms with Crippen molar-refractivity contribution in [2.45, 2.75) is 5.92 Å². The van der Waals surface area contributed by atoms with E-state index >= 15 is 0 Å². The van der Waals surface area contributed by atoms with Crippen LogP contribution in [0.2, 0.25) is 0 Å². The summed E-state index contributed by atoms with van der Waals surface area (Å²) in [6, 6.07) is 5.64. The number of rotatable bonds is 2. The summed E-state index contributed by atoms with van der Waals surface area (Å²) in [5.41, 5.74) is 0.750. The van der Waals surface area contributed by atoms with Gasteiger partial charge in [-0.1, -0.05) is 11.2 Å². The standard InChI is InChI=1S/C10H10N4O.2ClH/c1-2-4-12-8(3-1)9-13-10(15-14-9)7-5-11-6-7;;/h1-4,7,11H,5-6H2;2*1H. The monoisotopic (exact) mass is 274 g/mol. The molecule has 1 aliphatic heterocycles. The maximum Gasteiger partial charge on any atom is 0.232 e. The Morgan fingerprint density at radius 1 is 1.24 bits per heavy atom. The highest BCUT2D eigenvalue weighted by molar-refractivity contribution is 5.85. The first-order valence-electron chi connectivity index (χ1n) is 4.89. The average molecular weight is 275 g/mol. The van der Waals surface area contributed by atoms with Gasteiger partial charge in [0.05, 0.1) is 5.92 Å². The molecule has 1 aliphatic rings. The molecule has 3 heterocycles. The minimum absolute atomic E-state index is 0. The Morgan fingerprint density at radius 2 is 2.06 bits per heavy atom. The van der Waals surface area contributed by atoms with Gasteiger partial charge in [0.15, 0.2) is 0 Å². The Bertz CT molecular complexity index is 458. The molecule has 1 saturated heterocycles. The molecule has 0 radical (unpaired) electrons. The molecule has 0 amide bonds. The fourth-order valence-corrected chi connectivity index (χ4v) is 1.46. The number of hydrogen-bond acceptors (Lipinski definition) is 5. The van der Waals surface area contributed by atoms with Crippen molar-refractivity contribution in [3.8, 4) is 11.5 Å². The van der Waals surface area contributed by atoms with E-state index < -0.39 is 0 Å². The van der Waals surface area contributed by atoms with Gasteiger partial charge < -0.3 is 9.84 Å². The summed E-state index contributed by atoms with van der Waals surface area (Å²) in [6.45, 7) is 1.84. The SMILES string of the molecule is Cl.Cl.c1ccc(-c2noc(C3CNC3)n2)nc1. The molecule has 0 atom stereocenters. The molecule has 2 aromatic heterocycles. The van der Waals surface area contributed by atoms with Crippen LogP contribution < -0.4 is 5.32 Å². The number of pyridine rings is 1. The van der Waals surface area contributed by atoms with Crippen molar-refractivity contribution in [3.63, 3.8) is 0 Å². The van der Waals surface area contributed by atoms with E-state index in [0.717, 1.165) is 18.8 Å². The molecule has 17 heavy (non-hydrogen) atoms. The third kappa shape index (κ3) is 2.74. The Kier molecular flexibility index (Phi) is 4.86. The van der Waals surface area contributed by atoms with E-state index in [-0.39, 0.29) is 24.8 Å². The minimum atomic E-state index is 0. The van der Waals surface area contributed by atoms with Crippen molar-refractivity contribution < 1.29 is 4.52 Å². The van der Waals surface area contributed by atoms with Crippen LogP contribution in [-0.2, 0) is 0 Å². The number of halogens is 2. The summed E-state index contributed by atoms with van der Waals surface area (Å²) < 4.78 is 5.18. The zero-order chi connectivity index (χ0) is 10.1. The maximum atomic E-state index is 5.18. The van der Waals surface area contributed by atoms with Crippen molar-refractivity contribution >= 4 is 24.8 Å². The van der Waals surface area contributed by atoms with Gasteiger partial charge in [0, 0.05) is 19.3 Å². The second kappa shape index (κ2) is 5.95. The van der Waals surface area contributed by atoms with E-state index in [1.807, 2.05) is 18.2 Å². The van der Waals surface area contributed by atoms with Gasteiger partial charge in [0.2, 0.25) is 11.7 Å². The average Bonchev–Trinajstić information content (AvgIpc) is 2.66. The Labute approximate surface area is 111 Å². The smallest absolute Gasteiger partial charge is 0.232 e. The summed E-state index contributed by atoms with van der Waals surface area (Å²) >= 11 is 0. The second-order valence-electron chi connectivity index (χ2n) is 3.53. The lowest BCUT2D eigenvalue weighted by atomic mass is 10.0. The molecule has 0 spiro atoms. The van der Waals surface area contributed by atoms with Crippen molar-refractivity contribution in [1.82, 2.24) is 20.4 Å². The maximum absolute atomic E-state index is 5.18.